The van der Waals surface area contributed by atoms with Crippen LogP contribution in [0.15, 0.2) is 18.5 Å². The molecule has 0 aliphatic carbocycles. The van der Waals surface area contributed by atoms with Gasteiger partial charge in [0.15, 0.2) is 5.79 Å². The second-order valence-electron chi connectivity index (χ2n) is 3.38. The van der Waals surface area contributed by atoms with E-state index in [2.05, 4.69) is 4.98 Å². The Morgan fingerprint density at radius 2 is 2.14 bits per heavy atom. The zero-order valence-electron chi connectivity index (χ0n) is 8.06. The number of nitrogens with zero attached hydrogens (tertiary/aromatic N) is 1. The van der Waals surface area contributed by atoms with Crippen molar-refractivity contribution in [1.82, 2.24) is 4.98 Å². The quantitative estimate of drug-likeness (QED) is 0.758. The van der Waals surface area contributed by atoms with Crippen LogP contribution < -0.4 is 0 Å². The van der Waals surface area contributed by atoms with Crippen LogP contribution in [-0.2, 0) is 21.9 Å². The van der Waals surface area contributed by atoms with Gasteiger partial charge in [-0.15, -0.1) is 0 Å². The van der Waals surface area contributed by atoms with Gasteiger partial charge >= 0.3 is 0 Å². The number of hydrogen-bond donors (Lipinski definition) is 1. The molecule has 0 unspecified atom stereocenters. The Kier molecular flexibility index (Phi) is 2.50. The van der Waals surface area contributed by atoms with Crippen LogP contribution in [0.4, 0.5) is 0 Å². The molecule has 4 heteroatoms. The number of aromatic nitrogens is 1. The van der Waals surface area contributed by atoms with Gasteiger partial charge in [-0.05, 0) is 18.6 Å². The molecule has 0 saturated carbocycles. The van der Waals surface area contributed by atoms with Crippen LogP contribution in [0.5, 0.6) is 0 Å². The van der Waals surface area contributed by atoms with Gasteiger partial charge < -0.3 is 14.6 Å². The Bertz CT molecular complexity index is 321. The van der Waals surface area contributed by atoms with E-state index in [1.165, 1.54) is 0 Å². The normalized spacial score (nSPS) is 19.9. The fourth-order valence-corrected chi connectivity index (χ4v) is 1.50. The highest BCUT2D eigenvalue weighted by Gasteiger charge is 2.33. The Morgan fingerprint density at radius 3 is 2.79 bits per heavy atom. The molecule has 2 rings (SSSR count). The van der Waals surface area contributed by atoms with Crippen LogP contribution in [0.1, 0.15) is 18.1 Å². The van der Waals surface area contributed by atoms with Crippen LogP contribution in [-0.4, -0.2) is 23.3 Å². The summed E-state index contributed by atoms with van der Waals surface area (Å²) in [5, 5.41) is 8.97. The van der Waals surface area contributed by atoms with E-state index < -0.39 is 5.79 Å². The van der Waals surface area contributed by atoms with Crippen molar-refractivity contribution < 1.29 is 14.6 Å². The van der Waals surface area contributed by atoms with E-state index in [1.54, 1.807) is 12.4 Å². The van der Waals surface area contributed by atoms with E-state index in [4.69, 9.17) is 14.6 Å². The lowest BCUT2D eigenvalue weighted by molar-refractivity contribution is -0.150. The van der Waals surface area contributed by atoms with E-state index in [-0.39, 0.29) is 6.61 Å². The predicted octanol–water partition coefficient (Wildman–Crippen LogP) is 0.793. The monoisotopic (exact) mass is 195 g/mol. The summed E-state index contributed by atoms with van der Waals surface area (Å²) >= 11 is 0. The lowest BCUT2D eigenvalue weighted by Gasteiger charge is -2.22. The number of aliphatic hydroxyl groups is 1. The maximum Gasteiger partial charge on any atom is 0.193 e. The molecular formula is C10H13NO3. The number of hydrogen-bond acceptors (Lipinski definition) is 4. The van der Waals surface area contributed by atoms with Crippen LogP contribution in [0.3, 0.4) is 0 Å². The Morgan fingerprint density at radius 1 is 1.43 bits per heavy atom. The summed E-state index contributed by atoms with van der Waals surface area (Å²) in [6.07, 6.45) is 3.33. The molecule has 1 fully saturated rings. The first-order chi connectivity index (χ1) is 6.74. The minimum absolute atomic E-state index is 0.0169. The summed E-state index contributed by atoms with van der Waals surface area (Å²) in [5.41, 5.74) is 1.62. The third kappa shape index (κ3) is 1.64. The molecule has 14 heavy (non-hydrogen) atoms. The van der Waals surface area contributed by atoms with Gasteiger partial charge in [0.1, 0.15) is 0 Å². The highest BCUT2D eigenvalue weighted by Crippen LogP contribution is 2.30. The van der Waals surface area contributed by atoms with Crippen molar-refractivity contribution in [2.45, 2.75) is 19.3 Å². The smallest absolute Gasteiger partial charge is 0.193 e. The van der Waals surface area contributed by atoms with Gasteiger partial charge in [-0.25, -0.2) is 0 Å². The average Bonchev–Trinajstić information content (AvgIpc) is 2.67. The molecule has 0 spiro atoms. The zero-order valence-corrected chi connectivity index (χ0v) is 8.06. The van der Waals surface area contributed by atoms with Crippen molar-refractivity contribution in [3.05, 3.63) is 29.6 Å². The molecule has 0 atom stereocenters. The number of rotatable bonds is 2. The van der Waals surface area contributed by atoms with E-state index in [9.17, 15) is 0 Å². The third-order valence-electron chi connectivity index (χ3n) is 2.34. The van der Waals surface area contributed by atoms with Crippen molar-refractivity contribution in [3.63, 3.8) is 0 Å². The van der Waals surface area contributed by atoms with Gasteiger partial charge in [0.25, 0.3) is 0 Å². The summed E-state index contributed by atoms with van der Waals surface area (Å²) in [5.74, 6) is -0.696. The van der Waals surface area contributed by atoms with Crippen molar-refractivity contribution >= 4 is 0 Å². The maximum absolute atomic E-state index is 8.97. The number of aliphatic hydroxyl groups excluding tert-OH is 1. The SMILES string of the molecule is CC1(c2cncc(CO)c2)OCCO1. The molecule has 0 radical (unpaired) electrons. The fourth-order valence-electron chi connectivity index (χ4n) is 1.50. The van der Waals surface area contributed by atoms with Crippen LogP contribution in [0.2, 0.25) is 0 Å². The Hall–Kier alpha value is -0.970. The lowest BCUT2D eigenvalue weighted by atomic mass is 10.1. The Labute approximate surface area is 82.5 Å². The van der Waals surface area contributed by atoms with Gasteiger partial charge in [0.2, 0.25) is 0 Å². The third-order valence-corrected chi connectivity index (χ3v) is 2.34. The van der Waals surface area contributed by atoms with Crippen LogP contribution in [0.25, 0.3) is 0 Å². The van der Waals surface area contributed by atoms with E-state index >= 15 is 0 Å². The van der Waals surface area contributed by atoms with Gasteiger partial charge in [0.05, 0.1) is 19.8 Å². The average molecular weight is 195 g/mol. The van der Waals surface area contributed by atoms with Crippen LogP contribution >= 0.6 is 0 Å². The molecule has 4 nitrogen and oxygen atoms in total. The summed E-state index contributed by atoms with van der Waals surface area (Å²) < 4.78 is 11.0. The molecule has 1 saturated heterocycles. The summed E-state index contributed by atoms with van der Waals surface area (Å²) in [7, 11) is 0. The van der Waals surface area contributed by atoms with Gasteiger partial charge in [-0.1, -0.05) is 0 Å². The molecule has 1 aliphatic rings. The second-order valence-corrected chi connectivity index (χ2v) is 3.38. The van der Waals surface area contributed by atoms with Gasteiger partial charge in [0, 0.05) is 18.0 Å². The maximum atomic E-state index is 8.97. The van der Waals surface area contributed by atoms with Crippen molar-refractivity contribution in [2.24, 2.45) is 0 Å². The second kappa shape index (κ2) is 3.65. The minimum atomic E-state index is -0.696. The minimum Gasteiger partial charge on any atom is -0.392 e. The molecule has 1 aliphatic heterocycles. The number of pyridine rings is 1. The van der Waals surface area contributed by atoms with Crippen molar-refractivity contribution in [2.75, 3.05) is 13.2 Å². The van der Waals surface area contributed by atoms with Crippen LogP contribution in [0, 0.1) is 0 Å². The number of ether oxygens (including phenoxy) is 2. The van der Waals surface area contributed by atoms with Gasteiger partial charge in [-0.2, -0.15) is 0 Å². The first-order valence-corrected chi connectivity index (χ1v) is 4.58. The Balaban J connectivity index is 2.30. The molecule has 0 aromatic carbocycles. The summed E-state index contributed by atoms with van der Waals surface area (Å²) in [6.45, 7) is 3.04. The molecule has 1 aromatic heterocycles. The molecule has 2 heterocycles. The van der Waals surface area contributed by atoms with E-state index in [0.29, 0.717) is 13.2 Å². The largest absolute Gasteiger partial charge is 0.392 e. The first kappa shape index (κ1) is 9.58. The molecular weight excluding hydrogens is 182 g/mol. The zero-order chi connectivity index (χ0) is 10.0. The fraction of sp³-hybridized carbons (Fsp3) is 0.500. The van der Waals surface area contributed by atoms with E-state index in [0.717, 1.165) is 11.1 Å². The van der Waals surface area contributed by atoms with Crippen molar-refractivity contribution in [1.29, 1.82) is 0 Å². The molecule has 0 amide bonds. The van der Waals surface area contributed by atoms with E-state index in [1.807, 2.05) is 13.0 Å². The highest BCUT2D eigenvalue weighted by atomic mass is 16.7. The standard InChI is InChI=1S/C10H13NO3/c1-10(13-2-3-14-10)9-4-8(7-12)5-11-6-9/h4-6,12H,2-3,7H2,1H3. The summed E-state index contributed by atoms with van der Waals surface area (Å²) in [6, 6.07) is 1.85. The van der Waals surface area contributed by atoms with Gasteiger partial charge in [-0.3, -0.25) is 4.98 Å². The lowest BCUT2D eigenvalue weighted by Crippen LogP contribution is -2.22. The molecule has 1 aromatic rings. The predicted molar refractivity (Wildman–Crippen MR) is 49.4 cm³/mol. The highest BCUT2D eigenvalue weighted by molar-refractivity contribution is 5.21. The first-order valence-electron chi connectivity index (χ1n) is 4.58. The molecule has 0 bridgehead atoms. The molecule has 76 valence electrons. The molecule has 1 N–H and O–H groups in total. The summed E-state index contributed by atoms with van der Waals surface area (Å²) in [4.78, 5) is 4.03. The van der Waals surface area contributed by atoms with Crippen molar-refractivity contribution in [3.8, 4) is 0 Å². The topological polar surface area (TPSA) is 51.6 Å².